The number of carbonyl (C=O) groups is 1. The van der Waals surface area contributed by atoms with E-state index in [-0.39, 0.29) is 29.9 Å². The smallest absolute Gasteiger partial charge is 0.217 e. The molecule has 2 heterocycles. The van der Waals surface area contributed by atoms with Crippen molar-refractivity contribution < 1.29 is 4.79 Å². The number of nitrogens with zero attached hydrogens (tertiary/aromatic N) is 3. The number of rotatable bonds is 6. The number of hydrogen-bond donors (Lipinski definition) is 3. The molecule has 1 aliphatic heterocycles. The number of aromatic nitrogens is 2. The molecule has 7 nitrogen and oxygen atoms in total. The third kappa shape index (κ3) is 6.22. The molecule has 1 fully saturated rings. The first-order valence-corrected chi connectivity index (χ1v) is 9.56. The Morgan fingerprint density at radius 1 is 1.39 bits per heavy atom. The van der Waals surface area contributed by atoms with Gasteiger partial charge in [0.05, 0.1) is 11.9 Å². The second-order valence-electron chi connectivity index (χ2n) is 6.90. The number of hydrogen-bond acceptors (Lipinski definition) is 3. The molecule has 1 saturated heterocycles. The summed E-state index contributed by atoms with van der Waals surface area (Å²) in [4.78, 5) is 26.0. The molecule has 2 aromatic rings. The number of H-pyrrole nitrogens is 1. The summed E-state index contributed by atoms with van der Waals surface area (Å²) in [7, 11) is 0. The number of halogens is 1. The Morgan fingerprint density at radius 3 is 2.89 bits per heavy atom. The minimum atomic E-state index is -0.229. The first-order valence-electron chi connectivity index (χ1n) is 9.56. The van der Waals surface area contributed by atoms with Gasteiger partial charge in [0.15, 0.2) is 5.96 Å². The van der Waals surface area contributed by atoms with E-state index >= 15 is 0 Å². The standard InChI is InChI=1S/C20H28N6O.HI/c1-2-22-20(26-10-6-7-15(14-26)11-18(21)27)24-13-19-23-12-17(25-19)16-8-4-3-5-9-16;/h3-5,8-9,12,15H,2,6-7,10-11,13-14H2,1H3,(H2,21,27)(H,22,24)(H,23,25);1H. The first kappa shape index (κ1) is 22.2. The van der Waals surface area contributed by atoms with E-state index in [0.29, 0.717) is 18.9 Å². The maximum atomic E-state index is 11.2. The maximum Gasteiger partial charge on any atom is 0.217 e. The van der Waals surface area contributed by atoms with Crippen LogP contribution in [-0.4, -0.2) is 46.4 Å². The van der Waals surface area contributed by atoms with Gasteiger partial charge in [0, 0.05) is 26.1 Å². The van der Waals surface area contributed by atoms with Crippen molar-refractivity contribution in [3.63, 3.8) is 0 Å². The zero-order chi connectivity index (χ0) is 19.1. The van der Waals surface area contributed by atoms with Gasteiger partial charge < -0.3 is 20.9 Å². The van der Waals surface area contributed by atoms with Crippen molar-refractivity contribution in [3.05, 3.63) is 42.4 Å². The second kappa shape index (κ2) is 11.0. The summed E-state index contributed by atoms with van der Waals surface area (Å²) in [6.07, 6.45) is 4.37. The van der Waals surface area contributed by atoms with Gasteiger partial charge in [-0.1, -0.05) is 30.3 Å². The highest BCUT2D eigenvalue weighted by Crippen LogP contribution is 2.20. The number of guanidine groups is 1. The molecule has 0 saturated carbocycles. The number of amides is 1. The molecule has 0 bridgehead atoms. The van der Waals surface area contributed by atoms with Crippen LogP contribution in [0.4, 0.5) is 0 Å². The first-order chi connectivity index (χ1) is 13.2. The van der Waals surface area contributed by atoms with Gasteiger partial charge in [-0.15, -0.1) is 24.0 Å². The van der Waals surface area contributed by atoms with Crippen LogP contribution < -0.4 is 11.1 Å². The predicted molar refractivity (Wildman–Crippen MR) is 122 cm³/mol. The van der Waals surface area contributed by atoms with Crippen LogP contribution in [0.2, 0.25) is 0 Å². The van der Waals surface area contributed by atoms with Gasteiger partial charge in [0.1, 0.15) is 12.4 Å². The molecule has 152 valence electrons. The maximum absolute atomic E-state index is 11.2. The van der Waals surface area contributed by atoms with Crippen LogP contribution in [0.5, 0.6) is 0 Å². The van der Waals surface area contributed by atoms with E-state index < -0.39 is 0 Å². The van der Waals surface area contributed by atoms with Crippen LogP contribution in [0.15, 0.2) is 41.5 Å². The molecule has 1 aliphatic rings. The van der Waals surface area contributed by atoms with E-state index in [1.807, 2.05) is 24.4 Å². The van der Waals surface area contributed by atoms with E-state index in [1.165, 1.54) is 0 Å². The highest BCUT2D eigenvalue weighted by molar-refractivity contribution is 14.0. The summed E-state index contributed by atoms with van der Waals surface area (Å²) in [6, 6.07) is 10.1. The Balaban J connectivity index is 0.00000280. The van der Waals surface area contributed by atoms with Crippen LogP contribution >= 0.6 is 24.0 Å². The van der Waals surface area contributed by atoms with E-state index in [9.17, 15) is 4.79 Å². The van der Waals surface area contributed by atoms with Crippen LogP contribution in [0.1, 0.15) is 32.0 Å². The molecule has 0 radical (unpaired) electrons. The fraction of sp³-hybridized carbons (Fsp3) is 0.450. The number of imidazole rings is 1. The van der Waals surface area contributed by atoms with Crippen molar-refractivity contribution in [2.24, 2.45) is 16.6 Å². The molecule has 8 heteroatoms. The molecule has 1 amide bonds. The largest absolute Gasteiger partial charge is 0.370 e. The van der Waals surface area contributed by atoms with Gasteiger partial charge in [-0.05, 0) is 31.2 Å². The molecule has 1 aromatic heterocycles. The summed E-state index contributed by atoms with van der Waals surface area (Å²) < 4.78 is 0. The minimum Gasteiger partial charge on any atom is -0.370 e. The lowest BCUT2D eigenvalue weighted by Crippen LogP contribution is -2.47. The van der Waals surface area contributed by atoms with Crippen LogP contribution in [-0.2, 0) is 11.3 Å². The lowest BCUT2D eigenvalue weighted by molar-refractivity contribution is -0.119. The van der Waals surface area contributed by atoms with Gasteiger partial charge in [-0.25, -0.2) is 9.98 Å². The average molecular weight is 496 g/mol. The predicted octanol–water partition coefficient (Wildman–Crippen LogP) is 2.75. The number of nitrogens with one attached hydrogen (secondary N) is 2. The molecule has 0 spiro atoms. The third-order valence-electron chi connectivity index (χ3n) is 4.74. The molecular weight excluding hydrogens is 467 g/mol. The molecule has 28 heavy (non-hydrogen) atoms. The molecule has 3 rings (SSSR count). The van der Waals surface area contributed by atoms with Crippen molar-refractivity contribution in [1.82, 2.24) is 20.2 Å². The Kier molecular flexibility index (Phi) is 8.75. The highest BCUT2D eigenvalue weighted by atomic mass is 127. The zero-order valence-electron chi connectivity index (χ0n) is 16.2. The number of benzene rings is 1. The normalized spacial score (nSPS) is 17.1. The fourth-order valence-electron chi connectivity index (χ4n) is 3.49. The highest BCUT2D eigenvalue weighted by Gasteiger charge is 2.23. The number of aromatic amines is 1. The van der Waals surface area contributed by atoms with Gasteiger partial charge >= 0.3 is 0 Å². The van der Waals surface area contributed by atoms with Gasteiger partial charge in [-0.3, -0.25) is 4.79 Å². The van der Waals surface area contributed by atoms with Crippen molar-refractivity contribution in [2.75, 3.05) is 19.6 Å². The molecule has 4 N–H and O–H groups in total. The summed E-state index contributed by atoms with van der Waals surface area (Å²) in [5, 5.41) is 3.35. The van der Waals surface area contributed by atoms with Gasteiger partial charge in [0.25, 0.3) is 0 Å². The van der Waals surface area contributed by atoms with Crippen molar-refractivity contribution in [1.29, 1.82) is 0 Å². The number of nitrogens with two attached hydrogens (primary N) is 1. The molecule has 1 aromatic carbocycles. The van der Waals surface area contributed by atoms with E-state index in [2.05, 4.69) is 39.2 Å². The monoisotopic (exact) mass is 496 g/mol. The minimum absolute atomic E-state index is 0. The lowest BCUT2D eigenvalue weighted by Gasteiger charge is -2.34. The number of primary amides is 1. The molecular formula is C20H29IN6O. The summed E-state index contributed by atoms with van der Waals surface area (Å²) in [5.74, 6) is 1.76. The molecule has 0 aliphatic carbocycles. The number of carbonyl (C=O) groups excluding carboxylic acids is 1. The Hall–Kier alpha value is -2.10. The van der Waals surface area contributed by atoms with E-state index in [0.717, 1.165) is 55.5 Å². The zero-order valence-corrected chi connectivity index (χ0v) is 18.6. The Bertz CT molecular complexity index is 776. The Morgan fingerprint density at radius 2 is 2.18 bits per heavy atom. The van der Waals surface area contributed by atoms with Crippen molar-refractivity contribution >= 4 is 35.8 Å². The third-order valence-corrected chi connectivity index (χ3v) is 4.74. The summed E-state index contributed by atoms with van der Waals surface area (Å²) in [6.45, 7) is 5.08. The van der Waals surface area contributed by atoms with E-state index in [1.54, 1.807) is 0 Å². The number of piperidine rings is 1. The Labute approximate surface area is 183 Å². The second-order valence-corrected chi connectivity index (χ2v) is 6.90. The summed E-state index contributed by atoms with van der Waals surface area (Å²) >= 11 is 0. The van der Waals surface area contributed by atoms with Crippen molar-refractivity contribution in [2.45, 2.75) is 32.7 Å². The van der Waals surface area contributed by atoms with Crippen LogP contribution in [0.25, 0.3) is 11.3 Å². The topological polar surface area (TPSA) is 99.4 Å². The van der Waals surface area contributed by atoms with Crippen LogP contribution in [0, 0.1) is 5.92 Å². The van der Waals surface area contributed by atoms with Gasteiger partial charge in [-0.2, -0.15) is 0 Å². The summed E-state index contributed by atoms with van der Waals surface area (Å²) in [5.41, 5.74) is 7.47. The molecule has 1 atom stereocenters. The fourth-order valence-corrected chi connectivity index (χ4v) is 3.49. The van der Waals surface area contributed by atoms with Crippen molar-refractivity contribution in [3.8, 4) is 11.3 Å². The quantitative estimate of drug-likeness (QED) is 0.326. The average Bonchev–Trinajstić information content (AvgIpc) is 3.14. The number of likely N-dealkylation sites (tertiary alicyclic amines) is 1. The SMILES string of the molecule is CCNC(=NCc1ncc(-c2ccccc2)[nH]1)N1CCCC(CC(N)=O)C1.I. The number of aliphatic imine (C=N–C) groups is 1. The van der Waals surface area contributed by atoms with Gasteiger partial charge in [0.2, 0.25) is 5.91 Å². The lowest BCUT2D eigenvalue weighted by atomic mass is 9.95. The van der Waals surface area contributed by atoms with Crippen LogP contribution in [0.3, 0.4) is 0 Å². The molecule has 1 unspecified atom stereocenters. The van der Waals surface area contributed by atoms with E-state index in [4.69, 9.17) is 10.7 Å².